The van der Waals surface area contributed by atoms with E-state index in [1.165, 1.54) is 12.1 Å². The van der Waals surface area contributed by atoms with E-state index in [0.29, 0.717) is 28.7 Å². The molecule has 0 atom stereocenters. The Morgan fingerprint density at radius 2 is 1.92 bits per heavy atom. The van der Waals surface area contributed by atoms with Crippen LogP contribution in [0.1, 0.15) is 15.9 Å². The SMILES string of the molecule is Cn1nc2c3c(nc(-c4cccnc4)nc31)Nc1cc(C(=O)Nc3cccc(C(F)(F)F)c3)ccc1-2. The maximum Gasteiger partial charge on any atom is 0.416 e. The summed E-state index contributed by atoms with van der Waals surface area (Å²) in [5, 5.41) is 11.2. The normalized spacial score (nSPS) is 12.2. The Bertz CT molecular complexity index is 1660. The molecule has 1 aliphatic heterocycles. The van der Waals surface area contributed by atoms with Crippen LogP contribution in [0.4, 0.5) is 30.4 Å². The number of benzene rings is 2. The summed E-state index contributed by atoms with van der Waals surface area (Å²) in [6.07, 6.45) is -1.18. The lowest BCUT2D eigenvalue weighted by Gasteiger charge is -2.18. The Balaban J connectivity index is 1.37. The van der Waals surface area contributed by atoms with Crippen LogP contribution in [0.25, 0.3) is 33.7 Å². The summed E-state index contributed by atoms with van der Waals surface area (Å²) in [5.74, 6) is 0.453. The molecule has 8 nitrogen and oxygen atoms in total. The Kier molecular flexibility index (Phi) is 4.75. The second kappa shape index (κ2) is 7.87. The molecule has 0 saturated heterocycles. The van der Waals surface area contributed by atoms with Crippen molar-refractivity contribution in [3.63, 3.8) is 0 Å². The molecule has 2 aromatic carbocycles. The summed E-state index contributed by atoms with van der Waals surface area (Å²) in [7, 11) is 1.79. The minimum Gasteiger partial charge on any atom is -0.339 e. The highest BCUT2D eigenvalue weighted by Gasteiger charge is 2.31. The van der Waals surface area contributed by atoms with E-state index in [0.717, 1.165) is 28.6 Å². The van der Waals surface area contributed by atoms with Crippen LogP contribution in [0.3, 0.4) is 0 Å². The minimum absolute atomic E-state index is 0.0474. The van der Waals surface area contributed by atoms with Gasteiger partial charge in [-0.15, -0.1) is 0 Å². The van der Waals surface area contributed by atoms with E-state index < -0.39 is 17.6 Å². The van der Waals surface area contributed by atoms with Crippen LogP contribution in [0.5, 0.6) is 0 Å². The summed E-state index contributed by atoms with van der Waals surface area (Å²) < 4.78 is 40.7. The first-order valence-corrected chi connectivity index (χ1v) is 10.8. The molecule has 1 aliphatic rings. The van der Waals surface area contributed by atoms with Gasteiger partial charge in [0.15, 0.2) is 11.5 Å². The molecule has 178 valence electrons. The number of fused-ring (bicyclic) bond motifs is 2. The standard InChI is InChI=1S/C25H16F3N7O/c1-35-23-19-20(34-35)17-8-7-13(24(36)30-16-6-2-5-15(11-16)25(26,27)28)10-18(17)31-22(19)32-21(33-23)14-4-3-9-29-12-14/h2-12H,1H3,(H,30,36)(H,31,32,33). The van der Waals surface area contributed by atoms with Crippen molar-refractivity contribution in [2.45, 2.75) is 6.18 Å². The van der Waals surface area contributed by atoms with E-state index in [1.54, 1.807) is 48.4 Å². The largest absolute Gasteiger partial charge is 0.416 e. The molecule has 0 bridgehead atoms. The fraction of sp³-hybridized carbons (Fsp3) is 0.0800. The number of anilines is 3. The monoisotopic (exact) mass is 487 g/mol. The Morgan fingerprint density at radius 3 is 2.69 bits per heavy atom. The molecule has 11 heteroatoms. The molecular formula is C25H16F3N7O. The van der Waals surface area contributed by atoms with Crippen LogP contribution in [0.2, 0.25) is 0 Å². The second-order valence-corrected chi connectivity index (χ2v) is 8.23. The van der Waals surface area contributed by atoms with Crippen molar-refractivity contribution in [2.24, 2.45) is 7.05 Å². The zero-order chi connectivity index (χ0) is 25.0. The van der Waals surface area contributed by atoms with E-state index in [4.69, 9.17) is 0 Å². The number of hydrogen-bond acceptors (Lipinski definition) is 6. The molecule has 36 heavy (non-hydrogen) atoms. The highest BCUT2D eigenvalue weighted by molar-refractivity contribution is 6.10. The average Bonchev–Trinajstić information content (AvgIpc) is 3.21. The number of nitrogens with zero attached hydrogens (tertiary/aromatic N) is 5. The minimum atomic E-state index is -4.51. The van der Waals surface area contributed by atoms with Crippen LogP contribution in [-0.4, -0.2) is 30.6 Å². The number of rotatable bonds is 3. The number of aromatic nitrogens is 5. The number of hydrogen-bond donors (Lipinski definition) is 2. The van der Waals surface area contributed by atoms with Gasteiger partial charge in [0.1, 0.15) is 11.5 Å². The van der Waals surface area contributed by atoms with Crippen molar-refractivity contribution in [1.82, 2.24) is 24.7 Å². The lowest BCUT2D eigenvalue weighted by molar-refractivity contribution is -0.137. The Labute approximate surface area is 201 Å². The molecular weight excluding hydrogens is 471 g/mol. The molecule has 0 saturated carbocycles. The van der Waals surface area contributed by atoms with Crippen LogP contribution in [-0.2, 0) is 13.2 Å². The van der Waals surface area contributed by atoms with Crippen LogP contribution in [0.15, 0.2) is 67.0 Å². The van der Waals surface area contributed by atoms with Gasteiger partial charge in [-0.25, -0.2) is 14.6 Å². The molecule has 6 rings (SSSR count). The summed E-state index contributed by atoms with van der Waals surface area (Å²) in [6.45, 7) is 0. The molecule has 2 N–H and O–H groups in total. The van der Waals surface area contributed by atoms with Gasteiger partial charge in [0.2, 0.25) is 0 Å². The third kappa shape index (κ3) is 3.61. The predicted octanol–water partition coefficient (Wildman–Crippen LogP) is 5.42. The summed E-state index contributed by atoms with van der Waals surface area (Å²) in [4.78, 5) is 26.3. The number of nitrogens with one attached hydrogen (secondary N) is 2. The number of amides is 1. The molecule has 0 aliphatic carbocycles. The van der Waals surface area contributed by atoms with Crippen LogP contribution >= 0.6 is 0 Å². The smallest absolute Gasteiger partial charge is 0.339 e. The molecule has 0 fully saturated rings. The molecule has 0 spiro atoms. The Morgan fingerprint density at radius 1 is 1.06 bits per heavy atom. The van der Waals surface area contributed by atoms with E-state index in [2.05, 4.69) is 30.7 Å². The number of pyridine rings is 1. The molecule has 5 aromatic rings. The van der Waals surface area contributed by atoms with Gasteiger partial charge < -0.3 is 10.6 Å². The highest BCUT2D eigenvalue weighted by atomic mass is 19.4. The van der Waals surface area contributed by atoms with Gasteiger partial charge in [0.25, 0.3) is 5.91 Å². The number of carbonyl (C=O) groups excluding carboxylic acids is 1. The zero-order valence-electron chi connectivity index (χ0n) is 18.6. The number of halogens is 3. The first-order chi connectivity index (χ1) is 17.3. The van der Waals surface area contributed by atoms with Gasteiger partial charge in [-0.05, 0) is 48.5 Å². The van der Waals surface area contributed by atoms with Crippen molar-refractivity contribution in [2.75, 3.05) is 10.6 Å². The van der Waals surface area contributed by atoms with Crippen molar-refractivity contribution < 1.29 is 18.0 Å². The van der Waals surface area contributed by atoms with E-state index in [9.17, 15) is 18.0 Å². The van der Waals surface area contributed by atoms with Crippen LogP contribution < -0.4 is 10.6 Å². The summed E-state index contributed by atoms with van der Waals surface area (Å²) in [6, 6.07) is 13.1. The number of aryl methyl sites for hydroxylation is 1. The van der Waals surface area contributed by atoms with Gasteiger partial charge in [0, 0.05) is 47.5 Å². The van der Waals surface area contributed by atoms with E-state index in [1.807, 2.05) is 6.07 Å². The van der Waals surface area contributed by atoms with Gasteiger partial charge in [-0.3, -0.25) is 9.78 Å². The van der Waals surface area contributed by atoms with Crippen LogP contribution in [0, 0.1) is 0 Å². The molecule has 1 amide bonds. The summed E-state index contributed by atoms with van der Waals surface area (Å²) in [5.41, 5.74) is 2.85. The first kappa shape index (κ1) is 21.7. The molecule has 0 unspecified atom stereocenters. The van der Waals surface area contributed by atoms with Crippen molar-refractivity contribution in [1.29, 1.82) is 0 Å². The fourth-order valence-electron chi connectivity index (χ4n) is 4.15. The topological polar surface area (TPSA) is 97.6 Å². The Hall–Kier alpha value is -4.80. The molecule has 0 radical (unpaired) electrons. The highest BCUT2D eigenvalue weighted by Crippen LogP contribution is 2.42. The lowest BCUT2D eigenvalue weighted by Crippen LogP contribution is -2.14. The lowest BCUT2D eigenvalue weighted by atomic mass is 10.0. The molecule has 4 heterocycles. The predicted molar refractivity (Wildman–Crippen MR) is 128 cm³/mol. The van der Waals surface area contributed by atoms with Gasteiger partial charge >= 0.3 is 6.18 Å². The third-order valence-electron chi connectivity index (χ3n) is 5.84. The van der Waals surface area contributed by atoms with E-state index in [-0.39, 0.29) is 11.3 Å². The maximum atomic E-state index is 13.0. The fourth-order valence-corrected chi connectivity index (χ4v) is 4.15. The van der Waals surface area contributed by atoms with Gasteiger partial charge in [0.05, 0.1) is 10.9 Å². The van der Waals surface area contributed by atoms with Crippen molar-refractivity contribution in [3.05, 3.63) is 78.1 Å². The number of carbonyl (C=O) groups is 1. The van der Waals surface area contributed by atoms with Crippen molar-refractivity contribution >= 4 is 34.1 Å². The second-order valence-electron chi connectivity index (χ2n) is 8.23. The van der Waals surface area contributed by atoms with Crippen molar-refractivity contribution in [3.8, 4) is 22.6 Å². The van der Waals surface area contributed by atoms with Gasteiger partial charge in [-0.2, -0.15) is 18.3 Å². The van der Waals surface area contributed by atoms with Gasteiger partial charge in [-0.1, -0.05) is 6.07 Å². The zero-order valence-corrected chi connectivity index (χ0v) is 18.6. The number of alkyl halides is 3. The first-order valence-electron chi connectivity index (χ1n) is 10.8. The quantitative estimate of drug-likeness (QED) is 0.346. The van der Waals surface area contributed by atoms with E-state index >= 15 is 0 Å². The third-order valence-corrected chi connectivity index (χ3v) is 5.84. The molecule has 3 aromatic heterocycles. The summed E-state index contributed by atoms with van der Waals surface area (Å²) >= 11 is 0. The average molecular weight is 487 g/mol. The maximum absolute atomic E-state index is 13.0.